The Bertz CT molecular complexity index is 731. The highest BCUT2D eigenvalue weighted by Gasteiger charge is 2.16. The number of hydrogen-bond acceptors (Lipinski definition) is 2. The van der Waals surface area contributed by atoms with Crippen LogP contribution in [-0.2, 0) is 0 Å². The maximum absolute atomic E-state index is 4.41. The SMILES string of the molecule is C=CN=C/C=C(\C)N/C(C)=C(/C(=C)c1ccccc1)C1=CCCCC1. The fourth-order valence-corrected chi connectivity index (χ4v) is 3.13. The third-order valence-electron chi connectivity index (χ3n) is 4.31. The van der Waals surface area contributed by atoms with Crippen molar-refractivity contribution in [3.63, 3.8) is 0 Å². The first-order valence-corrected chi connectivity index (χ1v) is 8.86. The molecule has 2 heteroatoms. The molecule has 0 radical (unpaired) electrons. The van der Waals surface area contributed by atoms with Crippen molar-refractivity contribution < 1.29 is 0 Å². The molecule has 1 aromatic carbocycles. The normalized spacial score (nSPS) is 16.2. The van der Waals surface area contributed by atoms with Gasteiger partial charge < -0.3 is 5.32 Å². The van der Waals surface area contributed by atoms with E-state index in [0.29, 0.717) is 0 Å². The highest BCUT2D eigenvalue weighted by Crippen LogP contribution is 2.34. The molecule has 0 heterocycles. The van der Waals surface area contributed by atoms with Crippen LogP contribution in [0.2, 0.25) is 0 Å². The predicted molar refractivity (Wildman–Crippen MR) is 110 cm³/mol. The summed E-state index contributed by atoms with van der Waals surface area (Å²) in [5, 5.41) is 3.50. The van der Waals surface area contributed by atoms with Gasteiger partial charge in [0.15, 0.2) is 0 Å². The van der Waals surface area contributed by atoms with Crippen LogP contribution in [0.4, 0.5) is 0 Å². The molecule has 0 spiro atoms. The lowest BCUT2D eigenvalue weighted by Gasteiger charge is -2.22. The summed E-state index contributed by atoms with van der Waals surface area (Å²) in [6.07, 6.45) is 12.4. The highest BCUT2D eigenvalue weighted by atomic mass is 14.9. The summed E-state index contributed by atoms with van der Waals surface area (Å²) in [5.41, 5.74) is 7.05. The highest BCUT2D eigenvalue weighted by molar-refractivity contribution is 5.83. The molecule has 0 saturated heterocycles. The van der Waals surface area contributed by atoms with Gasteiger partial charge in [-0.05, 0) is 62.3 Å². The van der Waals surface area contributed by atoms with Crippen molar-refractivity contribution in [3.05, 3.63) is 89.9 Å². The number of allylic oxidation sites excluding steroid dienone is 7. The minimum absolute atomic E-state index is 1.04. The molecule has 1 aromatic rings. The quantitative estimate of drug-likeness (QED) is 0.468. The second-order valence-corrected chi connectivity index (χ2v) is 6.28. The van der Waals surface area contributed by atoms with Crippen LogP contribution in [0.3, 0.4) is 0 Å². The molecule has 2 nitrogen and oxygen atoms in total. The summed E-state index contributed by atoms with van der Waals surface area (Å²) < 4.78 is 0. The lowest BCUT2D eigenvalue weighted by Crippen LogP contribution is -2.13. The van der Waals surface area contributed by atoms with Gasteiger partial charge in [-0.2, -0.15) is 0 Å². The molecule has 1 aliphatic carbocycles. The molecule has 0 aliphatic heterocycles. The number of benzene rings is 1. The maximum atomic E-state index is 4.41. The Labute approximate surface area is 152 Å². The van der Waals surface area contributed by atoms with Crippen LogP contribution in [0.1, 0.15) is 45.1 Å². The maximum Gasteiger partial charge on any atom is 0.0284 e. The number of hydrogen-bond donors (Lipinski definition) is 1. The van der Waals surface area contributed by atoms with Gasteiger partial charge in [0.1, 0.15) is 0 Å². The second-order valence-electron chi connectivity index (χ2n) is 6.28. The number of nitrogens with zero attached hydrogens (tertiary/aromatic N) is 1. The fourth-order valence-electron chi connectivity index (χ4n) is 3.13. The minimum atomic E-state index is 1.04. The van der Waals surface area contributed by atoms with Crippen LogP contribution in [0.5, 0.6) is 0 Å². The Balaban J connectivity index is 2.37. The third-order valence-corrected chi connectivity index (χ3v) is 4.31. The molecular weight excluding hydrogens is 304 g/mol. The first kappa shape index (κ1) is 18.7. The Morgan fingerprint density at radius 2 is 1.92 bits per heavy atom. The van der Waals surface area contributed by atoms with Crippen molar-refractivity contribution in [2.45, 2.75) is 39.5 Å². The van der Waals surface area contributed by atoms with E-state index in [4.69, 9.17) is 0 Å². The van der Waals surface area contributed by atoms with E-state index in [2.05, 4.69) is 60.7 Å². The van der Waals surface area contributed by atoms with Crippen LogP contribution in [0.25, 0.3) is 5.57 Å². The van der Waals surface area contributed by atoms with E-state index in [1.165, 1.54) is 35.8 Å². The molecule has 2 rings (SSSR count). The van der Waals surface area contributed by atoms with Gasteiger partial charge in [-0.3, -0.25) is 4.99 Å². The molecule has 0 bridgehead atoms. The van der Waals surface area contributed by atoms with Gasteiger partial charge in [0.25, 0.3) is 0 Å². The van der Waals surface area contributed by atoms with E-state index >= 15 is 0 Å². The minimum Gasteiger partial charge on any atom is -0.362 e. The molecule has 0 atom stereocenters. The van der Waals surface area contributed by atoms with E-state index in [1.54, 1.807) is 6.21 Å². The van der Waals surface area contributed by atoms with Crippen molar-refractivity contribution in [3.8, 4) is 0 Å². The smallest absolute Gasteiger partial charge is 0.0284 e. The molecule has 1 N–H and O–H groups in total. The Kier molecular flexibility index (Phi) is 7.21. The molecule has 130 valence electrons. The lowest BCUT2D eigenvalue weighted by atomic mass is 9.86. The molecule has 0 fully saturated rings. The van der Waals surface area contributed by atoms with Crippen molar-refractivity contribution in [1.29, 1.82) is 0 Å². The van der Waals surface area contributed by atoms with E-state index in [0.717, 1.165) is 29.8 Å². The van der Waals surface area contributed by atoms with E-state index in [1.807, 2.05) is 19.1 Å². The van der Waals surface area contributed by atoms with Gasteiger partial charge in [0.2, 0.25) is 0 Å². The third kappa shape index (κ3) is 5.46. The monoisotopic (exact) mass is 332 g/mol. The van der Waals surface area contributed by atoms with Gasteiger partial charge in [-0.15, -0.1) is 0 Å². The molecule has 0 amide bonds. The second kappa shape index (κ2) is 9.63. The molecule has 0 unspecified atom stereocenters. The van der Waals surface area contributed by atoms with Crippen molar-refractivity contribution in [2.75, 3.05) is 0 Å². The summed E-state index contributed by atoms with van der Waals surface area (Å²) in [6.45, 7) is 12.2. The van der Waals surface area contributed by atoms with Crippen LogP contribution in [0.15, 0.2) is 89.4 Å². The molecule has 0 saturated carbocycles. The zero-order valence-corrected chi connectivity index (χ0v) is 15.4. The van der Waals surface area contributed by atoms with Crippen LogP contribution >= 0.6 is 0 Å². The van der Waals surface area contributed by atoms with Gasteiger partial charge in [0, 0.05) is 29.4 Å². The van der Waals surface area contributed by atoms with Gasteiger partial charge in [-0.1, -0.05) is 49.6 Å². The Hall–Kier alpha value is -2.61. The first-order chi connectivity index (χ1) is 12.1. The van der Waals surface area contributed by atoms with Crippen LogP contribution < -0.4 is 5.32 Å². The van der Waals surface area contributed by atoms with E-state index in [-0.39, 0.29) is 0 Å². The molecule has 1 aliphatic rings. The molecule has 0 aromatic heterocycles. The van der Waals surface area contributed by atoms with E-state index in [9.17, 15) is 0 Å². The van der Waals surface area contributed by atoms with Crippen LogP contribution in [0, 0.1) is 0 Å². The fraction of sp³-hybridized carbons (Fsp3) is 0.261. The predicted octanol–water partition coefficient (Wildman–Crippen LogP) is 6.18. The molecule has 25 heavy (non-hydrogen) atoms. The summed E-state index contributed by atoms with van der Waals surface area (Å²) in [7, 11) is 0. The molecular formula is C23H28N2. The summed E-state index contributed by atoms with van der Waals surface area (Å²) in [6, 6.07) is 10.4. The number of nitrogens with one attached hydrogen (secondary N) is 1. The van der Waals surface area contributed by atoms with Crippen LogP contribution in [-0.4, -0.2) is 6.21 Å². The topological polar surface area (TPSA) is 24.4 Å². The van der Waals surface area contributed by atoms with E-state index < -0.39 is 0 Å². The summed E-state index contributed by atoms with van der Waals surface area (Å²) in [5.74, 6) is 0. The first-order valence-electron chi connectivity index (χ1n) is 8.86. The van der Waals surface area contributed by atoms with Crippen molar-refractivity contribution >= 4 is 11.8 Å². The van der Waals surface area contributed by atoms with Crippen molar-refractivity contribution in [2.24, 2.45) is 4.99 Å². The largest absolute Gasteiger partial charge is 0.362 e. The number of rotatable bonds is 7. The number of aliphatic imine (C=N–C) groups is 1. The van der Waals surface area contributed by atoms with Gasteiger partial charge in [0.05, 0.1) is 0 Å². The summed E-state index contributed by atoms with van der Waals surface area (Å²) >= 11 is 0. The lowest BCUT2D eigenvalue weighted by molar-refractivity contribution is 0.706. The Morgan fingerprint density at radius 1 is 1.16 bits per heavy atom. The zero-order chi connectivity index (χ0) is 18.1. The average Bonchev–Trinajstić information content (AvgIpc) is 2.63. The zero-order valence-electron chi connectivity index (χ0n) is 15.4. The summed E-state index contributed by atoms with van der Waals surface area (Å²) in [4.78, 5) is 4.01. The van der Waals surface area contributed by atoms with Gasteiger partial charge >= 0.3 is 0 Å². The van der Waals surface area contributed by atoms with Gasteiger partial charge in [-0.25, -0.2) is 0 Å². The Morgan fingerprint density at radius 3 is 2.56 bits per heavy atom. The standard InChI is InChI=1S/C23H28N2/c1-5-24-17-16-18(2)25-20(4)23(22-14-10-7-11-15-22)19(3)21-12-8-6-9-13-21/h5-6,8-9,12-14,16-17,25H,1,3,7,10-11,15H2,2,4H3/b18-16+,23-20-,24-17?. The van der Waals surface area contributed by atoms with Crippen molar-refractivity contribution in [1.82, 2.24) is 5.32 Å². The average molecular weight is 332 g/mol.